The fourth-order valence-corrected chi connectivity index (χ4v) is 2.94. The van der Waals surface area contributed by atoms with Gasteiger partial charge in [0.25, 0.3) is 0 Å². The normalized spacial score (nSPS) is 12.0. The zero-order chi connectivity index (χ0) is 19.2. The van der Waals surface area contributed by atoms with Crippen LogP contribution in [0.3, 0.4) is 0 Å². The summed E-state index contributed by atoms with van der Waals surface area (Å²) in [7, 11) is 2.13. The molecule has 0 radical (unpaired) electrons. The molecule has 3 heteroatoms. The van der Waals surface area contributed by atoms with E-state index in [0.717, 1.165) is 25.3 Å². The molecule has 0 aliphatic rings. The highest BCUT2D eigenvalue weighted by molar-refractivity contribution is 5.32. The molecule has 0 amide bonds. The first-order valence-corrected chi connectivity index (χ1v) is 9.49. The Hall–Kier alpha value is -2.00. The zero-order valence-corrected chi connectivity index (χ0v) is 16.8. The maximum absolute atomic E-state index is 9.70. The molecule has 0 aliphatic heterocycles. The van der Waals surface area contributed by atoms with E-state index >= 15 is 0 Å². The van der Waals surface area contributed by atoms with Crippen LogP contribution in [-0.2, 0) is 5.41 Å². The maximum Gasteiger partial charge on any atom is 0.119 e. The van der Waals surface area contributed by atoms with Crippen molar-refractivity contribution in [2.45, 2.75) is 45.4 Å². The monoisotopic (exact) mass is 355 g/mol. The molecule has 0 heterocycles. The number of aromatic hydroxyl groups is 1. The summed E-state index contributed by atoms with van der Waals surface area (Å²) in [6.45, 7) is 11.4. The van der Waals surface area contributed by atoms with Gasteiger partial charge in [0.05, 0.1) is 0 Å². The Kier molecular flexibility index (Phi) is 7.10. The third kappa shape index (κ3) is 6.06. The summed E-state index contributed by atoms with van der Waals surface area (Å²) in [4.78, 5) is 2.30. The second kappa shape index (κ2) is 9.09. The molecular formula is C23H33NO2. The van der Waals surface area contributed by atoms with Gasteiger partial charge in [-0.25, -0.2) is 0 Å². The molecule has 0 saturated heterocycles. The molecule has 0 aromatic heterocycles. The van der Waals surface area contributed by atoms with Crippen molar-refractivity contribution in [2.24, 2.45) is 0 Å². The predicted octanol–water partition coefficient (Wildman–Crippen LogP) is 5.19. The van der Waals surface area contributed by atoms with Crippen LogP contribution in [0.15, 0.2) is 48.5 Å². The lowest BCUT2D eigenvalue weighted by Gasteiger charge is -2.28. The minimum absolute atomic E-state index is 0.0272. The first kappa shape index (κ1) is 20.3. The van der Waals surface area contributed by atoms with Gasteiger partial charge in [0, 0.05) is 6.54 Å². The quantitative estimate of drug-likeness (QED) is 0.671. The maximum atomic E-state index is 9.70. The zero-order valence-electron chi connectivity index (χ0n) is 16.8. The number of hydrogen-bond acceptors (Lipinski definition) is 3. The van der Waals surface area contributed by atoms with Crippen LogP contribution < -0.4 is 4.74 Å². The molecule has 0 fully saturated rings. The number of ether oxygens (including phenoxy) is 1. The van der Waals surface area contributed by atoms with E-state index in [-0.39, 0.29) is 5.41 Å². The van der Waals surface area contributed by atoms with Gasteiger partial charge in [-0.15, -0.1) is 0 Å². The van der Waals surface area contributed by atoms with Crippen LogP contribution in [0.2, 0.25) is 0 Å². The van der Waals surface area contributed by atoms with Crippen molar-refractivity contribution in [1.82, 2.24) is 4.90 Å². The standard InChI is InChI=1S/C23H33NO2/c1-18(2)19-8-6-11-22(16-19)26-15-14-24(5)13-12-23(3,4)20-9-7-10-21(25)17-20/h6-11,16-18,25H,12-15H2,1-5H3. The second-order valence-corrected chi connectivity index (χ2v) is 8.06. The summed E-state index contributed by atoms with van der Waals surface area (Å²) in [6.07, 6.45) is 1.02. The van der Waals surface area contributed by atoms with Crippen LogP contribution in [0, 0.1) is 0 Å². The Morgan fingerprint density at radius 1 is 1.04 bits per heavy atom. The van der Waals surface area contributed by atoms with E-state index in [9.17, 15) is 5.11 Å². The van der Waals surface area contributed by atoms with E-state index in [1.807, 2.05) is 18.2 Å². The van der Waals surface area contributed by atoms with E-state index in [1.54, 1.807) is 6.07 Å². The van der Waals surface area contributed by atoms with Gasteiger partial charge in [-0.05, 0) is 66.7 Å². The van der Waals surface area contributed by atoms with E-state index < -0.39 is 0 Å². The molecule has 2 aromatic rings. The highest BCUT2D eigenvalue weighted by Crippen LogP contribution is 2.29. The third-order valence-electron chi connectivity index (χ3n) is 5.01. The summed E-state index contributed by atoms with van der Waals surface area (Å²) in [6, 6.07) is 16.0. The number of benzene rings is 2. The Morgan fingerprint density at radius 3 is 2.46 bits per heavy atom. The summed E-state index contributed by atoms with van der Waals surface area (Å²) >= 11 is 0. The SMILES string of the molecule is CC(C)c1cccc(OCCN(C)CCC(C)(C)c2cccc(O)c2)c1. The first-order valence-electron chi connectivity index (χ1n) is 9.49. The van der Waals surface area contributed by atoms with Crippen LogP contribution in [0.1, 0.15) is 51.2 Å². The van der Waals surface area contributed by atoms with Crippen molar-refractivity contribution < 1.29 is 9.84 Å². The number of rotatable bonds is 9. The van der Waals surface area contributed by atoms with E-state index in [4.69, 9.17) is 4.74 Å². The smallest absolute Gasteiger partial charge is 0.119 e. The van der Waals surface area contributed by atoms with Crippen LogP contribution in [0.25, 0.3) is 0 Å². The average molecular weight is 356 g/mol. The molecule has 1 N–H and O–H groups in total. The lowest BCUT2D eigenvalue weighted by molar-refractivity contribution is 0.225. The largest absolute Gasteiger partial charge is 0.508 e. The van der Waals surface area contributed by atoms with Gasteiger partial charge in [0.1, 0.15) is 18.1 Å². The van der Waals surface area contributed by atoms with E-state index in [0.29, 0.717) is 18.3 Å². The van der Waals surface area contributed by atoms with Crippen molar-refractivity contribution in [1.29, 1.82) is 0 Å². The van der Waals surface area contributed by atoms with Gasteiger partial charge in [-0.1, -0.05) is 52.0 Å². The van der Waals surface area contributed by atoms with Crippen molar-refractivity contribution in [3.8, 4) is 11.5 Å². The Balaban J connectivity index is 1.78. The number of phenols is 1. The van der Waals surface area contributed by atoms with Crippen molar-refractivity contribution >= 4 is 0 Å². The predicted molar refractivity (Wildman–Crippen MR) is 109 cm³/mol. The topological polar surface area (TPSA) is 32.7 Å². The molecule has 0 saturated carbocycles. The lowest BCUT2D eigenvalue weighted by atomic mass is 9.81. The number of hydrogen-bond donors (Lipinski definition) is 1. The van der Waals surface area contributed by atoms with E-state index in [2.05, 4.69) is 63.9 Å². The molecule has 0 unspecified atom stereocenters. The van der Waals surface area contributed by atoms with Gasteiger partial charge in [-0.2, -0.15) is 0 Å². The summed E-state index contributed by atoms with van der Waals surface area (Å²) in [5.41, 5.74) is 2.51. The highest BCUT2D eigenvalue weighted by atomic mass is 16.5. The summed E-state index contributed by atoms with van der Waals surface area (Å²) in [5, 5.41) is 9.70. The minimum atomic E-state index is 0.0272. The molecule has 2 aromatic carbocycles. The third-order valence-corrected chi connectivity index (χ3v) is 5.01. The van der Waals surface area contributed by atoms with Crippen LogP contribution in [-0.4, -0.2) is 36.8 Å². The van der Waals surface area contributed by atoms with Gasteiger partial charge in [-0.3, -0.25) is 0 Å². The van der Waals surface area contributed by atoms with Crippen LogP contribution >= 0.6 is 0 Å². The Labute approximate surface area is 158 Å². The van der Waals surface area contributed by atoms with Crippen molar-refractivity contribution in [3.05, 3.63) is 59.7 Å². The fourth-order valence-electron chi connectivity index (χ4n) is 2.94. The fraction of sp³-hybridized carbons (Fsp3) is 0.478. The summed E-state index contributed by atoms with van der Waals surface area (Å²) in [5.74, 6) is 1.80. The summed E-state index contributed by atoms with van der Waals surface area (Å²) < 4.78 is 5.93. The molecule has 0 atom stereocenters. The molecular weight excluding hydrogens is 322 g/mol. The molecule has 2 rings (SSSR count). The van der Waals surface area contributed by atoms with Gasteiger partial charge < -0.3 is 14.7 Å². The van der Waals surface area contributed by atoms with Gasteiger partial charge in [0.2, 0.25) is 0 Å². The number of nitrogens with zero attached hydrogens (tertiary/aromatic N) is 1. The number of likely N-dealkylation sites (N-methyl/N-ethyl adjacent to an activating group) is 1. The van der Waals surface area contributed by atoms with Crippen molar-refractivity contribution in [2.75, 3.05) is 26.7 Å². The molecule has 0 spiro atoms. The average Bonchev–Trinajstić information content (AvgIpc) is 2.60. The molecule has 0 bridgehead atoms. The molecule has 0 aliphatic carbocycles. The van der Waals surface area contributed by atoms with Crippen LogP contribution in [0.5, 0.6) is 11.5 Å². The van der Waals surface area contributed by atoms with Gasteiger partial charge in [0.15, 0.2) is 0 Å². The first-order chi connectivity index (χ1) is 12.3. The number of phenolic OH excluding ortho intramolecular Hbond substituents is 1. The molecule has 3 nitrogen and oxygen atoms in total. The molecule has 142 valence electrons. The minimum Gasteiger partial charge on any atom is -0.508 e. The molecule has 26 heavy (non-hydrogen) atoms. The van der Waals surface area contributed by atoms with E-state index in [1.165, 1.54) is 11.1 Å². The van der Waals surface area contributed by atoms with Crippen LogP contribution in [0.4, 0.5) is 0 Å². The second-order valence-electron chi connectivity index (χ2n) is 8.06. The Morgan fingerprint density at radius 2 is 1.77 bits per heavy atom. The Bertz CT molecular complexity index is 694. The van der Waals surface area contributed by atoms with Crippen molar-refractivity contribution in [3.63, 3.8) is 0 Å². The lowest BCUT2D eigenvalue weighted by Crippen LogP contribution is -2.30. The van der Waals surface area contributed by atoms with Gasteiger partial charge >= 0.3 is 0 Å². The highest BCUT2D eigenvalue weighted by Gasteiger charge is 2.21.